The number of ether oxygens (including phenoxy) is 1. The quantitative estimate of drug-likeness (QED) is 0.643. The molecule has 1 aliphatic carbocycles. The van der Waals surface area contributed by atoms with E-state index < -0.39 is 6.09 Å². The Labute approximate surface area is 190 Å². The molecular weight excluding hydrogens is 406 g/mol. The van der Waals surface area contributed by atoms with Gasteiger partial charge in [-0.1, -0.05) is 11.1 Å². The molecule has 1 aliphatic heterocycles. The van der Waals surface area contributed by atoms with Crippen molar-refractivity contribution in [3.05, 3.63) is 23.4 Å². The second kappa shape index (κ2) is 10.7. The third-order valence-electron chi connectivity index (χ3n) is 6.34. The first-order valence-electron chi connectivity index (χ1n) is 11.4. The van der Waals surface area contributed by atoms with Gasteiger partial charge in [0.05, 0.1) is 11.1 Å². The van der Waals surface area contributed by atoms with E-state index in [4.69, 9.17) is 14.4 Å². The van der Waals surface area contributed by atoms with Crippen LogP contribution in [0.2, 0.25) is 0 Å². The number of amides is 1. The number of aryl methyl sites for hydroxylation is 2. The van der Waals surface area contributed by atoms with Gasteiger partial charge in [0, 0.05) is 24.0 Å². The van der Waals surface area contributed by atoms with Crippen molar-refractivity contribution in [2.75, 3.05) is 33.8 Å². The molecule has 2 fully saturated rings. The summed E-state index contributed by atoms with van der Waals surface area (Å²) in [6, 6.07) is 4.06. The maximum Gasteiger partial charge on any atom is 0.407 e. The van der Waals surface area contributed by atoms with Gasteiger partial charge in [-0.15, -0.1) is 5.92 Å². The van der Waals surface area contributed by atoms with E-state index >= 15 is 0 Å². The normalized spacial score (nSPS) is 17.2. The average molecular weight is 442 g/mol. The summed E-state index contributed by atoms with van der Waals surface area (Å²) in [6.45, 7) is 5.77. The number of nitrogens with one attached hydrogen (secondary N) is 1. The number of carboxylic acid groups (broad SMARTS) is 1. The van der Waals surface area contributed by atoms with Gasteiger partial charge in [-0.25, -0.2) is 4.79 Å². The number of carbonyl (C=O) groups is 1. The second-order valence-corrected chi connectivity index (χ2v) is 8.89. The zero-order valence-electron chi connectivity index (χ0n) is 19.7. The third-order valence-corrected chi connectivity index (χ3v) is 6.34. The van der Waals surface area contributed by atoms with E-state index in [0.29, 0.717) is 25.6 Å². The van der Waals surface area contributed by atoms with Crippen molar-refractivity contribution in [2.24, 2.45) is 11.3 Å². The van der Waals surface area contributed by atoms with Crippen LogP contribution in [0.25, 0.3) is 11.0 Å². The van der Waals surface area contributed by atoms with Gasteiger partial charge in [0.15, 0.2) is 5.58 Å². The highest BCUT2D eigenvalue weighted by atomic mass is 16.5. The maximum atomic E-state index is 11.0. The van der Waals surface area contributed by atoms with Gasteiger partial charge in [0.25, 0.3) is 0 Å². The Hall–Kier alpha value is -2.72. The van der Waals surface area contributed by atoms with Crippen LogP contribution < -0.4 is 10.1 Å². The van der Waals surface area contributed by atoms with Gasteiger partial charge < -0.3 is 24.6 Å². The number of rotatable bonds is 6. The minimum Gasteiger partial charge on any atom is -0.492 e. The lowest BCUT2D eigenvalue weighted by molar-refractivity contribution is 0.123. The molecule has 1 aromatic heterocycles. The van der Waals surface area contributed by atoms with Crippen molar-refractivity contribution < 1.29 is 19.2 Å². The molecule has 7 nitrogen and oxygen atoms in total. The summed E-state index contributed by atoms with van der Waals surface area (Å²) in [5.74, 6) is 7.66. The number of piperidine rings is 1. The van der Waals surface area contributed by atoms with Crippen LogP contribution in [-0.4, -0.2) is 55.0 Å². The molecule has 1 saturated carbocycles. The molecule has 0 spiro atoms. The lowest BCUT2D eigenvalue weighted by atomic mass is 9.91. The predicted molar refractivity (Wildman–Crippen MR) is 125 cm³/mol. The number of fused-ring (bicyclic) bond motifs is 1. The molecule has 0 unspecified atom stereocenters. The summed E-state index contributed by atoms with van der Waals surface area (Å²) in [6.07, 6.45) is 5.08. The van der Waals surface area contributed by atoms with Gasteiger partial charge >= 0.3 is 6.09 Å². The Kier molecular flexibility index (Phi) is 8.03. The van der Waals surface area contributed by atoms with Gasteiger partial charge in [-0.2, -0.15) is 0 Å². The van der Waals surface area contributed by atoms with Gasteiger partial charge in [-0.05, 0) is 84.5 Å². The van der Waals surface area contributed by atoms with Crippen LogP contribution in [0.3, 0.4) is 0 Å². The summed E-state index contributed by atoms with van der Waals surface area (Å²) >= 11 is 0. The van der Waals surface area contributed by atoms with E-state index in [1.807, 2.05) is 40.1 Å². The van der Waals surface area contributed by atoms with E-state index in [1.54, 1.807) is 0 Å². The fraction of sp³-hybridized carbons (Fsp3) is 0.600. The van der Waals surface area contributed by atoms with E-state index in [2.05, 4.69) is 22.3 Å². The Morgan fingerprint density at radius 3 is 2.62 bits per heavy atom. The average Bonchev–Trinajstić information content (AvgIpc) is 3.42. The second-order valence-electron chi connectivity index (χ2n) is 8.89. The molecule has 174 valence electrons. The Balaban J connectivity index is 0.000000913. The van der Waals surface area contributed by atoms with Crippen LogP contribution in [0, 0.1) is 30.1 Å². The first-order chi connectivity index (χ1) is 15.4. The highest BCUT2D eigenvalue weighted by Crippen LogP contribution is 2.45. The molecule has 7 heteroatoms. The van der Waals surface area contributed by atoms with E-state index in [9.17, 15) is 4.79 Å². The molecular formula is C25H35N3O4. The number of hydrogen-bond acceptors (Lipinski definition) is 5. The third kappa shape index (κ3) is 5.74. The van der Waals surface area contributed by atoms with Crippen molar-refractivity contribution >= 4 is 17.1 Å². The number of benzene rings is 1. The lowest BCUT2D eigenvalue weighted by Gasteiger charge is -2.29. The van der Waals surface area contributed by atoms with Gasteiger partial charge in [-0.3, -0.25) is 0 Å². The Morgan fingerprint density at radius 1 is 1.34 bits per heavy atom. The van der Waals surface area contributed by atoms with Crippen LogP contribution in [-0.2, 0) is 6.42 Å². The van der Waals surface area contributed by atoms with Crippen molar-refractivity contribution in [3.63, 3.8) is 0 Å². The fourth-order valence-electron chi connectivity index (χ4n) is 4.20. The highest BCUT2D eigenvalue weighted by Gasteiger charge is 2.42. The monoisotopic (exact) mass is 441 g/mol. The largest absolute Gasteiger partial charge is 0.492 e. The fourth-order valence-corrected chi connectivity index (χ4v) is 4.20. The minimum atomic E-state index is -0.811. The molecule has 1 aromatic carbocycles. The van der Waals surface area contributed by atoms with Crippen molar-refractivity contribution in [1.82, 2.24) is 15.4 Å². The van der Waals surface area contributed by atoms with Crippen LogP contribution in [0.5, 0.6) is 5.75 Å². The van der Waals surface area contributed by atoms with Gasteiger partial charge in [0.2, 0.25) is 0 Å². The molecule has 1 amide bonds. The molecule has 0 atom stereocenters. The molecule has 4 rings (SSSR count). The molecule has 32 heavy (non-hydrogen) atoms. The maximum absolute atomic E-state index is 11.0. The van der Waals surface area contributed by atoms with Crippen molar-refractivity contribution in [3.8, 4) is 17.6 Å². The van der Waals surface area contributed by atoms with E-state index in [0.717, 1.165) is 66.5 Å². The first-order valence-corrected chi connectivity index (χ1v) is 11.4. The van der Waals surface area contributed by atoms with Crippen molar-refractivity contribution in [2.45, 2.75) is 52.4 Å². The number of nitrogens with zero attached hydrogens (tertiary/aromatic N) is 2. The van der Waals surface area contributed by atoms with Crippen LogP contribution in [0.15, 0.2) is 16.7 Å². The minimum absolute atomic E-state index is 0.0406. The van der Waals surface area contributed by atoms with Crippen molar-refractivity contribution in [1.29, 1.82) is 0 Å². The molecule has 2 N–H and O–H groups in total. The van der Waals surface area contributed by atoms with Crippen LogP contribution >= 0.6 is 0 Å². The number of likely N-dealkylation sites (tertiary alicyclic amines) is 1. The lowest BCUT2D eigenvalue weighted by Crippen LogP contribution is -2.37. The standard InChI is InChI=1S/C23H28N2O4.C2H7N/c1-3-10-23(11-12-23)15-28-20-7-5-18-19(24-29-21(18)16(20)2)6-4-17-8-13-25(14-9-17)22(26)27;1-3-2/h5,7,17H,4,6,8-9,11-15H2,1-2H3,(H,26,27);3H,1-2H3. The highest BCUT2D eigenvalue weighted by molar-refractivity contribution is 5.84. The number of aromatic nitrogens is 1. The molecule has 0 bridgehead atoms. The molecule has 2 aliphatic rings. The summed E-state index contributed by atoms with van der Waals surface area (Å²) in [7, 11) is 3.75. The zero-order chi connectivity index (χ0) is 23.1. The van der Waals surface area contributed by atoms with E-state index in [-0.39, 0.29) is 5.41 Å². The Bertz CT molecular complexity index is 976. The van der Waals surface area contributed by atoms with Crippen LogP contribution in [0.1, 0.15) is 50.3 Å². The van der Waals surface area contributed by atoms with Gasteiger partial charge in [0.1, 0.15) is 12.4 Å². The predicted octanol–water partition coefficient (Wildman–Crippen LogP) is 4.48. The topological polar surface area (TPSA) is 87.8 Å². The summed E-state index contributed by atoms with van der Waals surface area (Å²) in [5.41, 5.74) is 2.80. The first kappa shape index (κ1) is 23.9. The summed E-state index contributed by atoms with van der Waals surface area (Å²) in [5, 5.41) is 17.2. The SMILES string of the molecule is CC#CC1(COc2ccc3c(CCC4CCN(C(=O)O)CC4)noc3c2C)CC1.CNC. The van der Waals surface area contributed by atoms with Crippen LogP contribution in [0.4, 0.5) is 4.79 Å². The number of hydrogen-bond donors (Lipinski definition) is 2. The Morgan fingerprint density at radius 2 is 2.03 bits per heavy atom. The smallest absolute Gasteiger partial charge is 0.407 e. The molecule has 0 radical (unpaired) electrons. The molecule has 2 aromatic rings. The summed E-state index contributed by atoms with van der Waals surface area (Å²) < 4.78 is 11.7. The molecule has 1 saturated heterocycles. The summed E-state index contributed by atoms with van der Waals surface area (Å²) in [4.78, 5) is 12.5. The zero-order valence-corrected chi connectivity index (χ0v) is 19.7. The van der Waals surface area contributed by atoms with E-state index in [1.165, 1.54) is 4.90 Å². The molecule has 2 heterocycles.